The number of aromatic nitrogens is 2. The maximum Gasteiger partial charge on any atom is 0.235 e. The highest BCUT2D eigenvalue weighted by Crippen LogP contribution is 2.49. The first-order valence-electron chi connectivity index (χ1n) is 9.75. The average molecular weight is 383 g/mol. The molecule has 0 spiro atoms. The van der Waals surface area contributed by atoms with Crippen LogP contribution in [-0.2, 0) is 10.2 Å². The molecule has 1 N–H and O–H groups in total. The van der Waals surface area contributed by atoms with Crippen molar-refractivity contribution in [2.75, 3.05) is 43.4 Å². The predicted octanol–water partition coefficient (Wildman–Crippen LogP) is 2.65. The molecule has 2 heterocycles. The van der Waals surface area contributed by atoms with Crippen LogP contribution >= 0.6 is 0 Å². The summed E-state index contributed by atoms with van der Waals surface area (Å²) in [6.07, 6.45) is 1.53. The molecule has 1 aliphatic carbocycles. The summed E-state index contributed by atoms with van der Waals surface area (Å²) in [6.45, 7) is 7.58. The van der Waals surface area contributed by atoms with Crippen molar-refractivity contribution in [3.05, 3.63) is 47.0 Å². The van der Waals surface area contributed by atoms with E-state index in [4.69, 9.17) is 0 Å². The number of nitrogens with zero attached hydrogens (tertiary/aromatic N) is 4. The van der Waals surface area contributed by atoms with Crippen molar-refractivity contribution >= 4 is 17.5 Å². The molecule has 2 fully saturated rings. The maximum atomic E-state index is 13.2. The summed E-state index contributed by atoms with van der Waals surface area (Å²) < 4.78 is 13.2. The van der Waals surface area contributed by atoms with E-state index in [9.17, 15) is 9.18 Å². The van der Waals surface area contributed by atoms with Crippen LogP contribution in [0, 0.1) is 19.7 Å². The number of carbonyl (C=O) groups is 1. The number of likely N-dealkylation sites (N-methyl/N-ethyl adjacent to an activating group) is 1. The quantitative estimate of drug-likeness (QED) is 0.880. The summed E-state index contributed by atoms with van der Waals surface area (Å²) in [6, 6.07) is 6.23. The minimum absolute atomic E-state index is 0.0683. The van der Waals surface area contributed by atoms with E-state index in [1.807, 2.05) is 13.8 Å². The van der Waals surface area contributed by atoms with E-state index in [-0.39, 0.29) is 11.7 Å². The van der Waals surface area contributed by atoms with Crippen molar-refractivity contribution in [1.29, 1.82) is 0 Å². The van der Waals surface area contributed by atoms with Crippen LogP contribution in [0.15, 0.2) is 24.3 Å². The fourth-order valence-electron chi connectivity index (χ4n) is 3.80. The summed E-state index contributed by atoms with van der Waals surface area (Å²) in [4.78, 5) is 26.8. The molecule has 1 amide bonds. The van der Waals surface area contributed by atoms with Crippen LogP contribution in [0.4, 0.5) is 16.0 Å². The molecule has 1 aromatic carbocycles. The minimum Gasteiger partial charge on any atom is -0.338 e. The maximum absolute atomic E-state index is 13.2. The first-order chi connectivity index (χ1) is 13.4. The van der Waals surface area contributed by atoms with Gasteiger partial charge in [0.1, 0.15) is 5.82 Å². The second kappa shape index (κ2) is 7.13. The molecule has 148 valence electrons. The molecule has 28 heavy (non-hydrogen) atoms. The second-order valence-electron chi connectivity index (χ2n) is 7.90. The Kier molecular flexibility index (Phi) is 4.79. The van der Waals surface area contributed by atoms with Crippen LogP contribution in [0.1, 0.15) is 29.8 Å². The number of hydrogen-bond donors (Lipinski definition) is 1. The monoisotopic (exact) mass is 383 g/mol. The van der Waals surface area contributed by atoms with Gasteiger partial charge in [-0.05, 0) is 51.4 Å². The lowest BCUT2D eigenvalue weighted by Crippen LogP contribution is -2.45. The summed E-state index contributed by atoms with van der Waals surface area (Å²) in [5.74, 6) is 0.363. The van der Waals surface area contributed by atoms with Gasteiger partial charge in [0.05, 0.1) is 22.5 Å². The highest BCUT2D eigenvalue weighted by Gasteiger charge is 2.51. The normalized spacial score (nSPS) is 18.8. The van der Waals surface area contributed by atoms with Crippen molar-refractivity contribution in [2.45, 2.75) is 32.1 Å². The Morgan fingerprint density at radius 2 is 1.61 bits per heavy atom. The fourth-order valence-corrected chi connectivity index (χ4v) is 3.80. The standard InChI is InChI=1S/C21H26FN5O/c1-14-18(15(2)24-20(23-14)27-12-10-26(3)11-13-27)25-19(28)21(8-9-21)16-4-6-17(22)7-5-16/h4-7H,8-13H2,1-3H3,(H,25,28). The van der Waals surface area contributed by atoms with Crippen LogP contribution in [0.2, 0.25) is 0 Å². The third-order valence-corrected chi connectivity index (χ3v) is 5.87. The zero-order valence-corrected chi connectivity index (χ0v) is 16.6. The average Bonchev–Trinajstić information content (AvgIpc) is 3.47. The van der Waals surface area contributed by atoms with Crippen molar-refractivity contribution < 1.29 is 9.18 Å². The molecule has 1 saturated heterocycles. The van der Waals surface area contributed by atoms with Crippen LogP contribution in [-0.4, -0.2) is 54.0 Å². The van der Waals surface area contributed by atoms with Gasteiger partial charge in [-0.25, -0.2) is 14.4 Å². The molecule has 0 atom stereocenters. The Morgan fingerprint density at radius 1 is 1.04 bits per heavy atom. The number of amides is 1. The summed E-state index contributed by atoms with van der Waals surface area (Å²) in [5, 5.41) is 3.05. The predicted molar refractivity (Wildman–Crippen MR) is 107 cm³/mol. The zero-order chi connectivity index (χ0) is 19.9. The smallest absolute Gasteiger partial charge is 0.235 e. The number of halogens is 1. The van der Waals surface area contributed by atoms with Crippen LogP contribution in [0.3, 0.4) is 0 Å². The SMILES string of the molecule is Cc1nc(N2CCN(C)CC2)nc(C)c1NC(=O)C1(c2ccc(F)cc2)CC1. The van der Waals surface area contributed by atoms with Gasteiger partial charge in [-0.1, -0.05) is 12.1 Å². The number of carbonyl (C=O) groups excluding carboxylic acids is 1. The van der Waals surface area contributed by atoms with Crippen LogP contribution < -0.4 is 10.2 Å². The molecule has 0 radical (unpaired) electrons. The molecular weight excluding hydrogens is 357 g/mol. The Hall–Kier alpha value is -2.54. The summed E-state index contributed by atoms with van der Waals surface area (Å²) in [7, 11) is 2.11. The lowest BCUT2D eigenvalue weighted by atomic mass is 9.95. The molecule has 6 nitrogen and oxygen atoms in total. The van der Waals surface area contributed by atoms with Gasteiger partial charge in [0.15, 0.2) is 0 Å². The topological polar surface area (TPSA) is 61.4 Å². The Morgan fingerprint density at radius 3 is 2.14 bits per heavy atom. The highest BCUT2D eigenvalue weighted by atomic mass is 19.1. The van der Waals surface area contributed by atoms with Gasteiger partial charge in [0, 0.05) is 26.2 Å². The van der Waals surface area contributed by atoms with Crippen molar-refractivity contribution in [1.82, 2.24) is 14.9 Å². The van der Waals surface area contributed by atoms with E-state index in [1.165, 1.54) is 12.1 Å². The molecule has 2 aromatic rings. The number of piperazine rings is 1. The molecule has 2 aliphatic rings. The van der Waals surface area contributed by atoms with Gasteiger partial charge in [0.25, 0.3) is 0 Å². The lowest BCUT2D eigenvalue weighted by Gasteiger charge is -2.32. The number of anilines is 2. The van der Waals surface area contributed by atoms with E-state index in [0.29, 0.717) is 5.69 Å². The van der Waals surface area contributed by atoms with Gasteiger partial charge in [-0.15, -0.1) is 0 Å². The second-order valence-corrected chi connectivity index (χ2v) is 7.90. The molecule has 7 heteroatoms. The van der Waals surface area contributed by atoms with Gasteiger partial charge in [-0.3, -0.25) is 4.79 Å². The number of rotatable bonds is 4. The third kappa shape index (κ3) is 3.46. The fraction of sp³-hybridized carbons (Fsp3) is 0.476. The Bertz CT molecular complexity index is 863. The molecular formula is C21H26FN5O. The van der Waals surface area contributed by atoms with Gasteiger partial charge in [-0.2, -0.15) is 0 Å². The Labute approximate surface area is 164 Å². The molecule has 1 aliphatic heterocycles. The van der Waals surface area contributed by atoms with Gasteiger partial charge in [0.2, 0.25) is 11.9 Å². The molecule has 0 unspecified atom stereocenters. The van der Waals surface area contributed by atoms with Gasteiger partial charge >= 0.3 is 0 Å². The number of nitrogens with one attached hydrogen (secondary N) is 1. The molecule has 1 aromatic heterocycles. The van der Waals surface area contributed by atoms with Crippen LogP contribution in [0.25, 0.3) is 0 Å². The first kappa shape index (κ1) is 18.8. The van der Waals surface area contributed by atoms with Crippen molar-refractivity contribution in [3.8, 4) is 0 Å². The lowest BCUT2D eigenvalue weighted by molar-refractivity contribution is -0.118. The largest absolute Gasteiger partial charge is 0.338 e. The third-order valence-electron chi connectivity index (χ3n) is 5.87. The van der Waals surface area contributed by atoms with E-state index in [0.717, 1.165) is 61.9 Å². The number of aryl methyl sites for hydroxylation is 2. The highest BCUT2D eigenvalue weighted by molar-refractivity contribution is 6.02. The molecule has 0 bridgehead atoms. The molecule has 1 saturated carbocycles. The number of hydrogen-bond acceptors (Lipinski definition) is 5. The zero-order valence-electron chi connectivity index (χ0n) is 16.6. The Balaban J connectivity index is 1.53. The number of benzene rings is 1. The van der Waals surface area contributed by atoms with E-state index in [1.54, 1.807) is 12.1 Å². The first-order valence-corrected chi connectivity index (χ1v) is 9.75. The summed E-state index contributed by atoms with van der Waals surface area (Å²) >= 11 is 0. The van der Waals surface area contributed by atoms with Crippen LogP contribution in [0.5, 0.6) is 0 Å². The van der Waals surface area contributed by atoms with Gasteiger partial charge < -0.3 is 15.1 Å². The van der Waals surface area contributed by atoms with Crippen molar-refractivity contribution in [2.24, 2.45) is 0 Å². The van der Waals surface area contributed by atoms with Crippen molar-refractivity contribution in [3.63, 3.8) is 0 Å². The van der Waals surface area contributed by atoms with E-state index >= 15 is 0 Å². The summed E-state index contributed by atoms with van der Waals surface area (Å²) in [5.41, 5.74) is 2.50. The minimum atomic E-state index is -0.567. The van der Waals surface area contributed by atoms with E-state index in [2.05, 4.69) is 32.1 Å². The molecule has 4 rings (SSSR count). The van der Waals surface area contributed by atoms with E-state index < -0.39 is 5.41 Å².